The highest BCUT2D eigenvalue weighted by atomic mass is 16.5. The van der Waals surface area contributed by atoms with E-state index in [0.29, 0.717) is 26.2 Å². The number of rotatable bonds is 7. The Morgan fingerprint density at radius 2 is 2.47 bits per heavy atom. The summed E-state index contributed by atoms with van der Waals surface area (Å²) in [4.78, 5) is 18.0. The summed E-state index contributed by atoms with van der Waals surface area (Å²) < 4.78 is 5.21. The molecule has 0 spiro atoms. The number of aromatic amines is 1. The van der Waals surface area contributed by atoms with Crippen LogP contribution in [0.3, 0.4) is 0 Å². The zero-order chi connectivity index (χ0) is 10.9. The van der Waals surface area contributed by atoms with Crippen LogP contribution >= 0.6 is 0 Å². The molecule has 1 amide bonds. The summed E-state index contributed by atoms with van der Waals surface area (Å²) in [6.45, 7) is 3.74. The van der Waals surface area contributed by atoms with Gasteiger partial charge in [-0.2, -0.15) is 0 Å². The first-order chi connectivity index (χ1) is 7.33. The van der Waals surface area contributed by atoms with Gasteiger partial charge in [0.1, 0.15) is 0 Å². The van der Waals surface area contributed by atoms with Crippen LogP contribution in [0.2, 0.25) is 0 Å². The van der Waals surface area contributed by atoms with Crippen molar-refractivity contribution in [2.24, 2.45) is 0 Å². The van der Waals surface area contributed by atoms with Crippen LogP contribution in [0.4, 0.5) is 0 Å². The van der Waals surface area contributed by atoms with Crippen molar-refractivity contribution in [3.05, 3.63) is 18.2 Å². The molecule has 0 saturated carbocycles. The molecule has 5 heteroatoms. The fourth-order valence-corrected chi connectivity index (χ4v) is 1.07. The number of nitrogens with one attached hydrogen (secondary N) is 2. The Morgan fingerprint density at radius 3 is 3.13 bits per heavy atom. The number of amides is 1. The van der Waals surface area contributed by atoms with Crippen LogP contribution in [0.25, 0.3) is 0 Å². The number of carbonyl (C=O) groups excluding carboxylic acids is 1. The maximum absolute atomic E-state index is 11.3. The summed E-state index contributed by atoms with van der Waals surface area (Å²) in [6.07, 6.45) is 4.67. The lowest BCUT2D eigenvalue weighted by Gasteiger charge is -2.04. The molecule has 0 fully saturated rings. The van der Waals surface area contributed by atoms with Crippen LogP contribution in [0.15, 0.2) is 12.5 Å². The van der Waals surface area contributed by atoms with Gasteiger partial charge in [0.2, 0.25) is 5.91 Å². The quantitative estimate of drug-likeness (QED) is 0.657. The second kappa shape index (κ2) is 7.00. The van der Waals surface area contributed by atoms with Crippen molar-refractivity contribution < 1.29 is 9.53 Å². The molecule has 1 aromatic heterocycles. The molecular formula is C10H17N3O2. The number of aromatic nitrogens is 2. The van der Waals surface area contributed by atoms with Crippen molar-refractivity contribution in [1.29, 1.82) is 0 Å². The third-order valence-corrected chi connectivity index (χ3v) is 1.85. The van der Waals surface area contributed by atoms with Crippen LogP contribution < -0.4 is 5.32 Å². The number of H-pyrrole nitrogens is 1. The minimum Gasteiger partial charge on any atom is -0.381 e. The largest absolute Gasteiger partial charge is 0.381 e. The van der Waals surface area contributed by atoms with E-state index in [-0.39, 0.29) is 5.91 Å². The molecule has 5 nitrogen and oxygen atoms in total. The van der Waals surface area contributed by atoms with Crippen LogP contribution in [-0.4, -0.2) is 29.1 Å². The zero-order valence-electron chi connectivity index (χ0n) is 8.95. The molecule has 0 unspecified atom stereocenters. The average molecular weight is 211 g/mol. The van der Waals surface area contributed by atoms with Crippen molar-refractivity contribution in [3.8, 4) is 0 Å². The van der Waals surface area contributed by atoms with Crippen molar-refractivity contribution in [2.45, 2.75) is 26.3 Å². The van der Waals surface area contributed by atoms with Gasteiger partial charge in [-0.25, -0.2) is 4.98 Å². The minimum atomic E-state index is 0.000651. The van der Waals surface area contributed by atoms with Gasteiger partial charge < -0.3 is 15.0 Å². The number of hydrogen-bond acceptors (Lipinski definition) is 3. The van der Waals surface area contributed by atoms with Crippen LogP contribution in [0.1, 0.15) is 25.5 Å². The maximum atomic E-state index is 11.3. The molecule has 1 aromatic rings. The summed E-state index contributed by atoms with van der Waals surface area (Å²) in [7, 11) is 0. The summed E-state index contributed by atoms with van der Waals surface area (Å²) in [5.74, 6) is 0.000651. The number of carbonyl (C=O) groups is 1. The lowest BCUT2D eigenvalue weighted by atomic mass is 10.4. The predicted octanol–water partition coefficient (Wildman–Crippen LogP) is 0.843. The first-order valence-corrected chi connectivity index (χ1v) is 5.14. The van der Waals surface area contributed by atoms with E-state index in [1.807, 2.05) is 6.92 Å². The summed E-state index contributed by atoms with van der Waals surface area (Å²) in [5, 5.41) is 2.77. The standard InChI is InChI=1S/C10H17N3O2/c1-2-4-15-5-3-10(14)12-7-9-6-11-8-13-9/h6,8H,2-5,7H2,1H3,(H,11,13)(H,12,14). The van der Waals surface area contributed by atoms with Crippen molar-refractivity contribution >= 4 is 5.91 Å². The first-order valence-electron chi connectivity index (χ1n) is 5.14. The molecule has 0 aromatic carbocycles. The molecule has 0 aliphatic heterocycles. The van der Waals surface area contributed by atoms with Gasteiger partial charge in [-0.05, 0) is 6.42 Å². The molecular weight excluding hydrogens is 194 g/mol. The van der Waals surface area contributed by atoms with Gasteiger partial charge in [0.05, 0.1) is 25.2 Å². The number of hydrogen-bond donors (Lipinski definition) is 2. The average Bonchev–Trinajstić information content (AvgIpc) is 2.74. The molecule has 2 N–H and O–H groups in total. The Labute approximate surface area is 89.2 Å². The second-order valence-electron chi connectivity index (χ2n) is 3.22. The van der Waals surface area contributed by atoms with E-state index in [0.717, 1.165) is 12.1 Å². The van der Waals surface area contributed by atoms with E-state index in [9.17, 15) is 4.79 Å². The van der Waals surface area contributed by atoms with E-state index in [4.69, 9.17) is 4.74 Å². The van der Waals surface area contributed by atoms with Gasteiger partial charge in [0.15, 0.2) is 0 Å². The maximum Gasteiger partial charge on any atom is 0.222 e. The highest BCUT2D eigenvalue weighted by Crippen LogP contribution is 1.91. The SMILES string of the molecule is CCCOCCC(=O)NCc1cnc[nH]1. The molecule has 0 bridgehead atoms. The molecule has 84 valence electrons. The Balaban J connectivity index is 2.04. The smallest absolute Gasteiger partial charge is 0.222 e. The molecule has 0 atom stereocenters. The zero-order valence-corrected chi connectivity index (χ0v) is 8.95. The first kappa shape index (κ1) is 11.7. The highest BCUT2D eigenvalue weighted by Gasteiger charge is 2.01. The lowest BCUT2D eigenvalue weighted by Crippen LogP contribution is -2.24. The molecule has 0 saturated heterocycles. The van der Waals surface area contributed by atoms with Crippen LogP contribution in [0.5, 0.6) is 0 Å². The third kappa shape index (κ3) is 5.17. The van der Waals surface area contributed by atoms with Gasteiger partial charge in [0, 0.05) is 19.2 Å². The molecule has 0 radical (unpaired) electrons. The molecule has 15 heavy (non-hydrogen) atoms. The lowest BCUT2D eigenvalue weighted by molar-refractivity contribution is -0.122. The highest BCUT2D eigenvalue weighted by molar-refractivity contribution is 5.75. The predicted molar refractivity (Wildman–Crippen MR) is 56.2 cm³/mol. The fraction of sp³-hybridized carbons (Fsp3) is 0.600. The molecule has 1 heterocycles. The monoisotopic (exact) mass is 211 g/mol. The van der Waals surface area contributed by atoms with Gasteiger partial charge >= 0.3 is 0 Å². The summed E-state index contributed by atoms with van der Waals surface area (Å²) in [5.41, 5.74) is 0.901. The Morgan fingerprint density at radius 1 is 1.60 bits per heavy atom. The van der Waals surface area contributed by atoms with E-state index in [1.54, 1.807) is 12.5 Å². The van der Waals surface area contributed by atoms with Crippen molar-refractivity contribution in [3.63, 3.8) is 0 Å². The number of ether oxygens (including phenoxy) is 1. The van der Waals surface area contributed by atoms with Gasteiger partial charge in [-0.15, -0.1) is 0 Å². The number of imidazole rings is 1. The molecule has 1 rings (SSSR count). The number of nitrogens with zero attached hydrogens (tertiary/aromatic N) is 1. The van der Waals surface area contributed by atoms with E-state index in [2.05, 4.69) is 15.3 Å². The molecule has 0 aliphatic rings. The Kier molecular flexibility index (Phi) is 5.47. The Bertz CT molecular complexity index is 272. The van der Waals surface area contributed by atoms with Crippen LogP contribution in [-0.2, 0) is 16.1 Å². The van der Waals surface area contributed by atoms with Crippen molar-refractivity contribution in [1.82, 2.24) is 15.3 Å². The van der Waals surface area contributed by atoms with Gasteiger partial charge in [-0.1, -0.05) is 6.92 Å². The summed E-state index contributed by atoms with van der Waals surface area (Å²) in [6, 6.07) is 0. The second-order valence-corrected chi connectivity index (χ2v) is 3.22. The topological polar surface area (TPSA) is 67.0 Å². The van der Waals surface area contributed by atoms with E-state index >= 15 is 0 Å². The Hall–Kier alpha value is -1.36. The molecule has 0 aliphatic carbocycles. The van der Waals surface area contributed by atoms with Gasteiger partial charge in [-0.3, -0.25) is 4.79 Å². The van der Waals surface area contributed by atoms with E-state index in [1.165, 1.54) is 0 Å². The fourth-order valence-electron chi connectivity index (χ4n) is 1.07. The van der Waals surface area contributed by atoms with Crippen LogP contribution in [0, 0.1) is 0 Å². The third-order valence-electron chi connectivity index (χ3n) is 1.85. The normalized spacial score (nSPS) is 10.2. The summed E-state index contributed by atoms with van der Waals surface area (Å²) >= 11 is 0. The van der Waals surface area contributed by atoms with Gasteiger partial charge in [0.25, 0.3) is 0 Å². The van der Waals surface area contributed by atoms with Crippen molar-refractivity contribution in [2.75, 3.05) is 13.2 Å². The minimum absolute atomic E-state index is 0.000651. The van der Waals surface area contributed by atoms with E-state index < -0.39 is 0 Å².